The van der Waals surface area contributed by atoms with Crippen molar-refractivity contribution in [1.29, 1.82) is 0 Å². The van der Waals surface area contributed by atoms with E-state index < -0.39 is 0 Å². The predicted molar refractivity (Wildman–Crippen MR) is 87.5 cm³/mol. The van der Waals surface area contributed by atoms with Crippen molar-refractivity contribution in [2.24, 2.45) is 0 Å². The molecule has 0 atom stereocenters. The summed E-state index contributed by atoms with van der Waals surface area (Å²) < 4.78 is 10.6. The number of benzene rings is 1. The van der Waals surface area contributed by atoms with E-state index >= 15 is 0 Å². The number of amides is 1. The van der Waals surface area contributed by atoms with Gasteiger partial charge in [0.15, 0.2) is 5.76 Å². The average Bonchev–Trinajstić information content (AvgIpc) is 3.14. The van der Waals surface area contributed by atoms with Gasteiger partial charge in [-0.15, -0.1) is 0 Å². The Morgan fingerprint density at radius 1 is 1.26 bits per heavy atom. The number of likely N-dealkylation sites (tertiary alicyclic amines) is 1. The van der Waals surface area contributed by atoms with E-state index in [9.17, 15) is 4.79 Å². The second kappa shape index (κ2) is 7.33. The smallest absolute Gasteiger partial charge is 0.289 e. The quantitative estimate of drug-likeness (QED) is 0.922. The number of rotatable bonds is 5. The van der Waals surface area contributed by atoms with E-state index in [2.05, 4.69) is 11.4 Å². The SMILES string of the molecule is COc1ccccc1CNC1CCN(C(=O)c2ccco2)CC1. The maximum absolute atomic E-state index is 12.2. The Labute approximate surface area is 136 Å². The number of nitrogens with one attached hydrogen (secondary N) is 1. The van der Waals surface area contributed by atoms with E-state index in [1.54, 1.807) is 19.2 Å². The monoisotopic (exact) mass is 314 g/mol. The van der Waals surface area contributed by atoms with Crippen LogP contribution in [0.1, 0.15) is 29.0 Å². The fourth-order valence-electron chi connectivity index (χ4n) is 2.95. The molecule has 23 heavy (non-hydrogen) atoms. The van der Waals surface area contributed by atoms with Crippen molar-refractivity contribution >= 4 is 5.91 Å². The molecule has 122 valence electrons. The van der Waals surface area contributed by atoms with Crippen LogP contribution in [-0.2, 0) is 6.54 Å². The lowest BCUT2D eigenvalue weighted by molar-refractivity contribution is 0.0672. The predicted octanol–water partition coefficient (Wildman–Crippen LogP) is 2.68. The Kier molecular flexibility index (Phi) is 4.98. The number of hydrogen-bond acceptors (Lipinski definition) is 4. The Morgan fingerprint density at radius 2 is 2.04 bits per heavy atom. The number of carbonyl (C=O) groups excluding carboxylic acids is 1. The lowest BCUT2D eigenvalue weighted by Gasteiger charge is -2.32. The van der Waals surface area contributed by atoms with Crippen LogP contribution in [0, 0.1) is 0 Å². The molecule has 1 aliphatic rings. The highest BCUT2D eigenvalue weighted by Crippen LogP contribution is 2.19. The third-order valence-corrected chi connectivity index (χ3v) is 4.29. The van der Waals surface area contributed by atoms with E-state index in [0.717, 1.165) is 43.8 Å². The molecule has 1 saturated heterocycles. The number of nitrogens with zero attached hydrogens (tertiary/aromatic N) is 1. The second-order valence-corrected chi connectivity index (χ2v) is 5.74. The Bertz CT molecular complexity index is 631. The average molecular weight is 314 g/mol. The molecule has 2 aromatic rings. The second-order valence-electron chi connectivity index (χ2n) is 5.74. The minimum absolute atomic E-state index is 0.0156. The van der Waals surface area contributed by atoms with Crippen molar-refractivity contribution in [2.75, 3.05) is 20.2 Å². The number of piperidine rings is 1. The summed E-state index contributed by atoms with van der Waals surface area (Å²) in [6.07, 6.45) is 3.43. The van der Waals surface area contributed by atoms with Gasteiger partial charge in [0.05, 0.1) is 13.4 Å². The van der Waals surface area contributed by atoms with Crippen LogP contribution in [0.4, 0.5) is 0 Å². The van der Waals surface area contributed by atoms with Gasteiger partial charge in [-0.25, -0.2) is 0 Å². The van der Waals surface area contributed by atoms with Crippen LogP contribution >= 0.6 is 0 Å². The topological polar surface area (TPSA) is 54.7 Å². The van der Waals surface area contributed by atoms with Gasteiger partial charge in [0.25, 0.3) is 5.91 Å². The van der Waals surface area contributed by atoms with Crippen molar-refractivity contribution < 1.29 is 13.9 Å². The van der Waals surface area contributed by atoms with E-state index in [1.807, 2.05) is 23.1 Å². The van der Waals surface area contributed by atoms with Crippen molar-refractivity contribution in [1.82, 2.24) is 10.2 Å². The summed E-state index contributed by atoms with van der Waals surface area (Å²) in [5, 5.41) is 3.57. The van der Waals surface area contributed by atoms with Crippen LogP contribution in [0.15, 0.2) is 47.1 Å². The number of methoxy groups -OCH3 is 1. The number of ether oxygens (including phenoxy) is 1. The summed E-state index contributed by atoms with van der Waals surface area (Å²) in [6.45, 7) is 2.28. The molecule has 0 spiro atoms. The molecule has 0 bridgehead atoms. The maximum atomic E-state index is 12.2. The molecule has 1 N–H and O–H groups in total. The van der Waals surface area contributed by atoms with Crippen LogP contribution < -0.4 is 10.1 Å². The Balaban J connectivity index is 1.49. The third-order valence-electron chi connectivity index (χ3n) is 4.29. The molecule has 1 amide bonds. The summed E-state index contributed by atoms with van der Waals surface area (Å²) >= 11 is 0. The van der Waals surface area contributed by atoms with Gasteiger partial charge in [0.2, 0.25) is 0 Å². The first kappa shape index (κ1) is 15.6. The van der Waals surface area contributed by atoms with E-state index in [4.69, 9.17) is 9.15 Å². The van der Waals surface area contributed by atoms with Gasteiger partial charge < -0.3 is 19.4 Å². The highest BCUT2D eigenvalue weighted by atomic mass is 16.5. The van der Waals surface area contributed by atoms with Gasteiger partial charge in [-0.1, -0.05) is 18.2 Å². The molecule has 1 aromatic heterocycles. The van der Waals surface area contributed by atoms with Crippen molar-refractivity contribution in [3.63, 3.8) is 0 Å². The standard InChI is InChI=1S/C18H22N2O3/c1-22-16-6-3-2-5-14(16)13-19-15-8-10-20(11-9-15)18(21)17-7-4-12-23-17/h2-7,12,15,19H,8-11,13H2,1H3. The third kappa shape index (κ3) is 3.74. The molecular weight excluding hydrogens is 292 g/mol. The molecular formula is C18H22N2O3. The molecule has 2 heterocycles. The molecule has 5 heteroatoms. The zero-order valence-corrected chi connectivity index (χ0v) is 13.3. The van der Waals surface area contributed by atoms with Crippen LogP contribution in [0.2, 0.25) is 0 Å². The first-order valence-electron chi connectivity index (χ1n) is 7.96. The van der Waals surface area contributed by atoms with Gasteiger partial charge in [-0.3, -0.25) is 4.79 Å². The number of carbonyl (C=O) groups is 1. The first-order valence-corrected chi connectivity index (χ1v) is 7.96. The first-order chi connectivity index (χ1) is 11.3. The number of hydrogen-bond donors (Lipinski definition) is 1. The van der Waals surface area contributed by atoms with Gasteiger partial charge >= 0.3 is 0 Å². The minimum atomic E-state index is -0.0156. The van der Waals surface area contributed by atoms with E-state index in [-0.39, 0.29) is 5.91 Å². The van der Waals surface area contributed by atoms with Gasteiger partial charge in [-0.2, -0.15) is 0 Å². The molecule has 0 unspecified atom stereocenters. The molecule has 3 rings (SSSR count). The molecule has 0 aliphatic carbocycles. The van der Waals surface area contributed by atoms with Crippen LogP contribution in [0.5, 0.6) is 5.75 Å². The zero-order chi connectivity index (χ0) is 16.1. The van der Waals surface area contributed by atoms with Crippen LogP contribution in [0.3, 0.4) is 0 Å². The number of para-hydroxylation sites is 1. The molecule has 0 saturated carbocycles. The van der Waals surface area contributed by atoms with Crippen molar-refractivity contribution in [3.05, 3.63) is 54.0 Å². The van der Waals surface area contributed by atoms with E-state index in [0.29, 0.717) is 11.8 Å². The molecule has 1 aromatic carbocycles. The zero-order valence-electron chi connectivity index (χ0n) is 13.3. The van der Waals surface area contributed by atoms with E-state index in [1.165, 1.54) is 6.26 Å². The van der Waals surface area contributed by atoms with Gasteiger partial charge in [0, 0.05) is 31.2 Å². The summed E-state index contributed by atoms with van der Waals surface area (Å²) in [5.41, 5.74) is 1.16. The van der Waals surface area contributed by atoms with Crippen molar-refractivity contribution in [2.45, 2.75) is 25.4 Å². The van der Waals surface area contributed by atoms with Crippen LogP contribution in [-0.4, -0.2) is 37.0 Å². The molecule has 5 nitrogen and oxygen atoms in total. The maximum Gasteiger partial charge on any atom is 0.289 e. The van der Waals surface area contributed by atoms with Crippen molar-refractivity contribution in [3.8, 4) is 5.75 Å². The minimum Gasteiger partial charge on any atom is -0.496 e. The molecule has 1 aliphatic heterocycles. The summed E-state index contributed by atoms with van der Waals surface area (Å²) in [6, 6.07) is 11.9. The molecule has 0 radical (unpaired) electrons. The van der Waals surface area contributed by atoms with Gasteiger partial charge in [-0.05, 0) is 31.0 Å². The fourth-order valence-corrected chi connectivity index (χ4v) is 2.95. The Morgan fingerprint density at radius 3 is 2.74 bits per heavy atom. The Hall–Kier alpha value is -2.27. The number of furan rings is 1. The van der Waals surface area contributed by atoms with Gasteiger partial charge in [0.1, 0.15) is 5.75 Å². The highest BCUT2D eigenvalue weighted by Gasteiger charge is 2.24. The summed E-state index contributed by atoms with van der Waals surface area (Å²) in [7, 11) is 1.69. The highest BCUT2D eigenvalue weighted by molar-refractivity contribution is 5.91. The molecule has 1 fully saturated rings. The summed E-state index contributed by atoms with van der Waals surface area (Å²) in [5.74, 6) is 1.31. The summed E-state index contributed by atoms with van der Waals surface area (Å²) in [4.78, 5) is 14.1. The largest absolute Gasteiger partial charge is 0.496 e. The lowest BCUT2D eigenvalue weighted by Crippen LogP contribution is -2.44. The fraction of sp³-hybridized carbons (Fsp3) is 0.389. The normalized spacial score (nSPS) is 15.6. The van der Waals surface area contributed by atoms with Crippen LogP contribution in [0.25, 0.3) is 0 Å². The lowest BCUT2D eigenvalue weighted by atomic mass is 10.0.